The summed E-state index contributed by atoms with van der Waals surface area (Å²) in [5.41, 5.74) is 3.37. The third-order valence-corrected chi connectivity index (χ3v) is 9.46. The largest absolute Gasteiger partial charge is 0.345 e. The highest BCUT2D eigenvalue weighted by Crippen LogP contribution is 2.40. The van der Waals surface area contributed by atoms with Gasteiger partial charge in [-0.05, 0) is 77.0 Å². The molecule has 0 bridgehead atoms. The highest BCUT2D eigenvalue weighted by molar-refractivity contribution is 7.19. The maximum absolute atomic E-state index is 13.2. The van der Waals surface area contributed by atoms with E-state index in [-0.39, 0.29) is 23.8 Å². The average molecular weight is 587 g/mol. The Kier molecular flexibility index (Phi) is 7.10. The molecule has 8 nitrogen and oxygen atoms in total. The minimum atomic E-state index is -0.429. The van der Waals surface area contributed by atoms with Gasteiger partial charge in [0.25, 0.3) is 5.56 Å². The van der Waals surface area contributed by atoms with Crippen molar-refractivity contribution < 1.29 is 0 Å². The second-order valence-corrected chi connectivity index (χ2v) is 12.8. The summed E-state index contributed by atoms with van der Waals surface area (Å²) in [6, 6.07) is 14.0. The maximum atomic E-state index is 13.2. The van der Waals surface area contributed by atoms with E-state index in [9.17, 15) is 14.9 Å². The van der Waals surface area contributed by atoms with Gasteiger partial charge in [-0.2, -0.15) is 5.26 Å². The van der Waals surface area contributed by atoms with E-state index in [1.165, 1.54) is 22.0 Å². The quantitative estimate of drug-likeness (QED) is 0.274. The first-order valence-electron chi connectivity index (χ1n) is 13.8. The van der Waals surface area contributed by atoms with E-state index in [2.05, 4.69) is 27.0 Å². The van der Waals surface area contributed by atoms with E-state index in [0.717, 1.165) is 63.1 Å². The summed E-state index contributed by atoms with van der Waals surface area (Å²) in [7, 11) is 0. The van der Waals surface area contributed by atoms with E-state index >= 15 is 0 Å². The lowest BCUT2D eigenvalue weighted by molar-refractivity contribution is 0.247. The SMILES string of the molecule is Cc1cc(=O)n(Cc2cc3nccc(-c4cc(Cl)cc5ccn(CC6(C#N)CCNCC6)c45)c3s2)c(=O)n1C(C)C. The molecule has 0 atom stereocenters. The number of nitrogens with zero attached hydrogens (tertiary/aromatic N) is 5. The van der Waals surface area contributed by atoms with Crippen LogP contribution in [0, 0.1) is 23.7 Å². The van der Waals surface area contributed by atoms with Gasteiger partial charge in [0.2, 0.25) is 0 Å². The molecule has 210 valence electrons. The number of fused-ring (bicyclic) bond motifs is 2. The Morgan fingerprint density at radius 2 is 1.93 bits per heavy atom. The lowest BCUT2D eigenvalue weighted by atomic mass is 9.80. The number of halogens is 1. The minimum Gasteiger partial charge on any atom is -0.345 e. The zero-order valence-corrected chi connectivity index (χ0v) is 24.8. The summed E-state index contributed by atoms with van der Waals surface area (Å²) in [6.45, 7) is 8.10. The number of benzene rings is 1. The number of hydrogen-bond acceptors (Lipinski definition) is 6. The molecule has 0 saturated carbocycles. The number of thiophene rings is 1. The summed E-state index contributed by atoms with van der Waals surface area (Å²) in [5, 5.41) is 15.2. The summed E-state index contributed by atoms with van der Waals surface area (Å²) in [5.74, 6) is 0. The molecule has 1 N–H and O–H groups in total. The summed E-state index contributed by atoms with van der Waals surface area (Å²) in [4.78, 5) is 31.6. The summed E-state index contributed by atoms with van der Waals surface area (Å²) < 4.78 is 6.09. The predicted octanol–water partition coefficient (Wildman–Crippen LogP) is 5.73. The van der Waals surface area contributed by atoms with Crippen molar-refractivity contribution in [2.24, 2.45) is 5.41 Å². The molecule has 1 fully saturated rings. The van der Waals surface area contributed by atoms with Gasteiger partial charge in [0.05, 0.1) is 33.8 Å². The Morgan fingerprint density at radius 3 is 2.66 bits per heavy atom. The molecule has 1 saturated heterocycles. The van der Waals surface area contributed by atoms with Crippen molar-refractivity contribution in [3.05, 3.63) is 85.2 Å². The van der Waals surface area contributed by atoms with Gasteiger partial charge in [0.15, 0.2) is 0 Å². The molecule has 5 heterocycles. The second-order valence-electron chi connectivity index (χ2n) is 11.2. The number of hydrogen-bond donors (Lipinski definition) is 1. The second kappa shape index (κ2) is 10.6. The van der Waals surface area contributed by atoms with Crippen molar-refractivity contribution in [2.75, 3.05) is 13.1 Å². The van der Waals surface area contributed by atoms with Crippen LogP contribution in [-0.2, 0) is 13.1 Å². The zero-order chi connectivity index (χ0) is 28.9. The Bertz CT molecular complexity index is 1950. The Balaban J connectivity index is 1.47. The molecule has 0 aliphatic carbocycles. The number of piperidine rings is 1. The van der Waals surface area contributed by atoms with E-state index < -0.39 is 5.41 Å². The molecule has 0 spiro atoms. The third-order valence-electron chi connectivity index (χ3n) is 8.10. The fourth-order valence-electron chi connectivity index (χ4n) is 6.09. The number of rotatable bonds is 6. The smallest absolute Gasteiger partial charge is 0.331 e. The van der Waals surface area contributed by atoms with Crippen LogP contribution in [0.5, 0.6) is 0 Å². The topological polar surface area (TPSA) is 97.6 Å². The standard InChI is InChI=1S/C31H31ClN6O2S/c1-19(2)38-20(3)12-27(39)37(30(38)40)16-23-15-26-29(41-23)24(4-8-35-26)25-14-22(32)13-21-5-11-36(28(21)25)18-31(17-33)6-9-34-10-7-31/h4-5,8,11-15,19,34H,6-7,9-10,16,18H2,1-3H3. The Morgan fingerprint density at radius 1 is 1.15 bits per heavy atom. The van der Waals surface area contributed by atoms with Gasteiger partial charge in [0, 0.05) is 63.2 Å². The molecule has 0 amide bonds. The van der Waals surface area contributed by atoms with Crippen LogP contribution in [0.15, 0.2) is 58.4 Å². The summed E-state index contributed by atoms with van der Waals surface area (Å²) >= 11 is 8.15. The van der Waals surface area contributed by atoms with Crippen LogP contribution in [0.25, 0.3) is 32.2 Å². The van der Waals surface area contributed by atoms with Crippen molar-refractivity contribution in [1.29, 1.82) is 5.26 Å². The molecule has 1 aromatic carbocycles. The van der Waals surface area contributed by atoms with Crippen molar-refractivity contribution in [2.45, 2.75) is 52.7 Å². The molecule has 4 aromatic heterocycles. The highest BCUT2D eigenvalue weighted by atomic mass is 35.5. The van der Waals surface area contributed by atoms with Gasteiger partial charge in [-0.15, -0.1) is 11.3 Å². The van der Waals surface area contributed by atoms with Crippen molar-refractivity contribution in [1.82, 2.24) is 24.0 Å². The van der Waals surface area contributed by atoms with Gasteiger partial charge in [0.1, 0.15) is 0 Å². The van der Waals surface area contributed by atoms with Crippen LogP contribution < -0.4 is 16.6 Å². The van der Waals surface area contributed by atoms with Gasteiger partial charge < -0.3 is 9.88 Å². The van der Waals surface area contributed by atoms with Crippen LogP contribution in [-0.4, -0.2) is 31.8 Å². The number of nitriles is 1. The molecule has 6 rings (SSSR count). The van der Waals surface area contributed by atoms with Gasteiger partial charge >= 0.3 is 5.69 Å². The molecule has 0 radical (unpaired) electrons. The van der Waals surface area contributed by atoms with Crippen molar-refractivity contribution >= 4 is 44.1 Å². The highest BCUT2D eigenvalue weighted by Gasteiger charge is 2.33. The molecular weight excluding hydrogens is 556 g/mol. The van der Waals surface area contributed by atoms with E-state index in [1.54, 1.807) is 17.7 Å². The molecule has 5 aromatic rings. The van der Waals surface area contributed by atoms with Crippen LogP contribution >= 0.6 is 22.9 Å². The number of aromatic nitrogens is 4. The zero-order valence-electron chi connectivity index (χ0n) is 23.3. The number of pyridine rings is 1. The van der Waals surface area contributed by atoms with Crippen LogP contribution in [0.4, 0.5) is 0 Å². The van der Waals surface area contributed by atoms with Crippen LogP contribution in [0.2, 0.25) is 5.02 Å². The van der Waals surface area contributed by atoms with Crippen LogP contribution in [0.3, 0.4) is 0 Å². The first-order valence-corrected chi connectivity index (χ1v) is 15.0. The van der Waals surface area contributed by atoms with E-state index in [4.69, 9.17) is 11.6 Å². The fraction of sp³-hybridized carbons (Fsp3) is 0.355. The monoisotopic (exact) mass is 586 g/mol. The van der Waals surface area contributed by atoms with E-state index in [0.29, 0.717) is 17.3 Å². The number of aryl methyl sites for hydroxylation is 1. The van der Waals surface area contributed by atoms with Gasteiger partial charge in [-0.25, -0.2) is 4.79 Å². The van der Waals surface area contributed by atoms with Crippen LogP contribution in [0.1, 0.15) is 43.3 Å². The van der Waals surface area contributed by atoms with Crippen molar-refractivity contribution in [3.8, 4) is 17.2 Å². The van der Waals surface area contributed by atoms with E-state index in [1.807, 2.05) is 44.3 Å². The molecule has 41 heavy (non-hydrogen) atoms. The first-order chi connectivity index (χ1) is 19.7. The molecule has 10 heteroatoms. The first kappa shape index (κ1) is 27.5. The van der Waals surface area contributed by atoms with Crippen molar-refractivity contribution in [3.63, 3.8) is 0 Å². The lowest BCUT2D eigenvalue weighted by Crippen LogP contribution is -2.41. The average Bonchev–Trinajstić information content (AvgIpc) is 3.54. The van der Waals surface area contributed by atoms with Gasteiger partial charge in [-0.3, -0.25) is 18.9 Å². The minimum absolute atomic E-state index is 0.0587. The number of nitrogens with one attached hydrogen (secondary N) is 1. The normalized spacial score (nSPS) is 15.1. The fourth-order valence-corrected chi connectivity index (χ4v) is 7.45. The molecule has 0 unspecified atom stereocenters. The molecular formula is C31H31ClN6O2S. The molecule has 1 aliphatic heterocycles. The summed E-state index contributed by atoms with van der Waals surface area (Å²) in [6.07, 6.45) is 5.43. The van der Waals surface area contributed by atoms with Gasteiger partial charge in [-0.1, -0.05) is 11.6 Å². The lowest BCUT2D eigenvalue weighted by Gasteiger charge is -2.32. The third kappa shape index (κ3) is 4.90. The maximum Gasteiger partial charge on any atom is 0.331 e. The molecule has 1 aliphatic rings. The Hall–Kier alpha value is -3.71. The predicted molar refractivity (Wildman–Crippen MR) is 165 cm³/mol. The Labute approximate surface area is 246 Å².